The first-order valence-electron chi connectivity index (χ1n) is 5.02. The topological polar surface area (TPSA) is 55.9 Å². The number of nitrogens with one attached hydrogen (secondary N) is 1. The molecule has 0 fully saturated rings. The lowest BCUT2D eigenvalue weighted by Gasteiger charge is -2.17. The van der Waals surface area contributed by atoms with Crippen molar-refractivity contribution in [2.45, 2.75) is 6.04 Å². The molecule has 0 saturated carbocycles. The Morgan fingerprint density at radius 1 is 1.47 bits per heavy atom. The quantitative estimate of drug-likeness (QED) is 0.648. The Bertz CT molecular complexity index is 526. The van der Waals surface area contributed by atoms with E-state index in [0.717, 1.165) is 5.69 Å². The lowest BCUT2D eigenvalue weighted by atomic mass is 10.0. The Morgan fingerprint density at radius 2 is 2.24 bits per heavy atom. The third-order valence-electron chi connectivity index (χ3n) is 2.59. The number of aryl methyl sites for hydroxylation is 1. The first-order valence-corrected chi connectivity index (χ1v) is 5.40. The summed E-state index contributed by atoms with van der Waals surface area (Å²) in [5, 5.41) is 4.38. The van der Waals surface area contributed by atoms with Crippen LogP contribution in [0.5, 0.6) is 0 Å². The fraction of sp³-hybridized carbons (Fsp3) is 0.182. The molecule has 0 amide bonds. The number of hydrazine groups is 1. The number of benzene rings is 1. The van der Waals surface area contributed by atoms with Gasteiger partial charge >= 0.3 is 0 Å². The maximum absolute atomic E-state index is 13.8. The molecule has 0 aliphatic rings. The molecule has 2 aromatic rings. The molecule has 4 nitrogen and oxygen atoms in total. The summed E-state index contributed by atoms with van der Waals surface area (Å²) in [5.41, 5.74) is 3.78. The van der Waals surface area contributed by atoms with Gasteiger partial charge in [-0.1, -0.05) is 17.7 Å². The van der Waals surface area contributed by atoms with Crippen LogP contribution in [0.25, 0.3) is 0 Å². The number of hydrogen-bond acceptors (Lipinski definition) is 3. The van der Waals surface area contributed by atoms with Gasteiger partial charge in [-0.25, -0.2) is 9.82 Å². The number of nitrogens with zero attached hydrogens (tertiary/aromatic N) is 2. The third kappa shape index (κ3) is 2.31. The molecule has 1 heterocycles. The fourth-order valence-electron chi connectivity index (χ4n) is 1.74. The molecule has 0 spiro atoms. The third-order valence-corrected chi connectivity index (χ3v) is 2.83. The summed E-state index contributed by atoms with van der Waals surface area (Å²) >= 11 is 5.71. The van der Waals surface area contributed by atoms with E-state index in [1.54, 1.807) is 36.1 Å². The molecule has 0 radical (unpaired) electrons. The van der Waals surface area contributed by atoms with Gasteiger partial charge in [-0.2, -0.15) is 5.10 Å². The summed E-state index contributed by atoms with van der Waals surface area (Å²) < 4.78 is 15.4. The molecule has 3 N–H and O–H groups in total. The fourth-order valence-corrected chi connectivity index (χ4v) is 1.90. The number of halogens is 2. The van der Waals surface area contributed by atoms with Crippen molar-refractivity contribution in [3.63, 3.8) is 0 Å². The highest BCUT2D eigenvalue weighted by atomic mass is 35.5. The van der Waals surface area contributed by atoms with Crippen LogP contribution < -0.4 is 11.3 Å². The van der Waals surface area contributed by atoms with Crippen LogP contribution in [-0.2, 0) is 7.05 Å². The van der Waals surface area contributed by atoms with Gasteiger partial charge in [-0.05, 0) is 18.2 Å². The summed E-state index contributed by atoms with van der Waals surface area (Å²) in [6.45, 7) is 0. The van der Waals surface area contributed by atoms with Crippen LogP contribution in [0.1, 0.15) is 17.3 Å². The minimum atomic E-state index is -0.459. The summed E-state index contributed by atoms with van der Waals surface area (Å²) in [7, 11) is 1.77. The average Bonchev–Trinajstić information content (AvgIpc) is 2.69. The van der Waals surface area contributed by atoms with Crippen molar-refractivity contribution < 1.29 is 4.39 Å². The van der Waals surface area contributed by atoms with E-state index in [4.69, 9.17) is 17.4 Å². The largest absolute Gasteiger partial charge is 0.271 e. The van der Waals surface area contributed by atoms with Crippen LogP contribution in [0.4, 0.5) is 4.39 Å². The second-order valence-electron chi connectivity index (χ2n) is 3.65. The molecule has 0 aliphatic heterocycles. The summed E-state index contributed by atoms with van der Waals surface area (Å²) in [5.74, 6) is 5.08. The number of hydrogen-bond donors (Lipinski definition) is 2. The first kappa shape index (κ1) is 12.0. The van der Waals surface area contributed by atoms with Crippen LogP contribution in [-0.4, -0.2) is 9.78 Å². The maximum atomic E-state index is 13.8. The van der Waals surface area contributed by atoms with Gasteiger partial charge < -0.3 is 0 Å². The summed E-state index contributed by atoms with van der Waals surface area (Å²) in [4.78, 5) is 0. The minimum Gasteiger partial charge on any atom is -0.271 e. The van der Waals surface area contributed by atoms with Gasteiger partial charge in [0.1, 0.15) is 5.82 Å². The molecule has 2 rings (SSSR count). The Labute approximate surface area is 103 Å². The highest BCUT2D eigenvalue weighted by molar-refractivity contribution is 6.30. The predicted molar refractivity (Wildman–Crippen MR) is 63.8 cm³/mol. The van der Waals surface area contributed by atoms with Gasteiger partial charge in [0.25, 0.3) is 0 Å². The van der Waals surface area contributed by atoms with Crippen molar-refractivity contribution in [1.82, 2.24) is 15.2 Å². The smallest absolute Gasteiger partial charge is 0.129 e. The van der Waals surface area contributed by atoms with E-state index in [0.29, 0.717) is 10.6 Å². The molecule has 1 aromatic heterocycles. The standard InChI is InChI=1S/C11H12ClFN4/c1-17-10(4-5-15-17)11(16-14)8-3-2-7(12)6-9(8)13/h2-6,11,16H,14H2,1H3. The normalized spacial score (nSPS) is 12.7. The highest BCUT2D eigenvalue weighted by Crippen LogP contribution is 2.25. The van der Waals surface area contributed by atoms with Gasteiger partial charge in [0, 0.05) is 23.8 Å². The molecule has 17 heavy (non-hydrogen) atoms. The number of nitrogens with two attached hydrogens (primary N) is 1. The van der Waals surface area contributed by atoms with E-state index >= 15 is 0 Å². The van der Waals surface area contributed by atoms with Crippen molar-refractivity contribution in [1.29, 1.82) is 0 Å². The zero-order valence-corrected chi connectivity index (χ0v) is 9.95. The monoisotopic (exact) mass is 254 g/mol. The first-order chi connectivity index (χ1) is 8.13. The molecule has 1 aromatic carbocycles. The van der Waals surface area contributed by atoms with Crippen molar-refractivity contribution >= 4 is 11.6 Å². The second-order valence-corrected chi connectivity index (χ2v) is 4.08. The maximum Gasteiger partial charge on any atom is 0.129 e. The van der Waals surface area contributed by atoms with Crippen molar-refractivity contribution in [2.75, 3.05) is 0 Å². The number of rotatable bonds is 3. The van der Waals surface area contributed by atoms with E-state index in [1.165, 1.54) is 6.07 Å². The van der Waals surface area contributed by atoms with Crippen LogP contribution >= 0.6 is 11.6 Å². The van der Waals surface area contributed by atoms with Crippen molar-refractivity contribution in [3.8, 4) is 0 Å². The number of aromatic nitrogens is 2. The Kier molecular flexibility index (Phi) is 3.42. The van der Waals surface area contributed by atoms with Gasteiger partial charge in [-0.15, -0.1) is 0 Å². The van der Waals surface area contributed by atoms with E-state index in [1.807, 2.05) is 0 Å². The van der Waals surface area contributed by atoms with E-state index in [9.17, 15) is 4.39 Å². The van der Waals surface area contributed by atoms with E-state index in [-0.39, 0.29) is 0 Å². The Balaban J connectivity index is 2.46. The molecule has 0 aliphatic carbocycles. The molecule has 1 unspecified atom stereocenters. The van der Waals surface area contributed by atoms with Crippen LogP contribution in [0.3, 0.4) is 0 Å². The van der Waals surface area contributed by atoms with Crippen LogP contribution in [0, 0.1) is 5.82 Å². The molecular formula is C11H12ClFN4. The van der Waals surface area contributed by atoms with Crippen LogP contribution in [0.2, 0.25) is 5.02 Å². The van der Waals surface area contributed by atoms with Crippen molar-refractivity contribution in [3.05, 3.63) is 52.6 Å². The minimum absolute atomic E-state index is 0.354. The predicted octanol–water partition coefficient (Wildman–Crippen LogP) is 1.77. The SMILES string of the molecule is Cn1nccc1C(NN)c1ccc(Cl)cc1F. The van der Waals surface area contributed by atoms with Gasteiger partial charge in [0.2, 0.25) is 0 Å². The molecule has 6 heteroatoms. The van der Waals surface area contributed by atoms with E-state index in [2.05, 4.69) is 10.5 Å². The van der Waals surface area contributed by atoms with E-state index < -0.39 is 11.9 Å². The van der Waals surface area contributed by atoms with Gasteiger partial charge in [-0.3, -0.25) is 10.5 Å². The lowest BCUT2D eigenvalue weighted by molar-refractivity contribution is 0.533. The Morgan fingerprint density at radius 3 is 2.76 bits per heavy atom. The average molecular weight is 255 g/mol. The summed E-state index contributed by atoms with van der Waals surface area (Å²) in [6, 6.07) is 5.81. The van der Waals surface area contributed by atoms with Crippen molar-refractivity contribution in [2.24, 2.45) is 12.9 Å². The second kappa shape index (κ2) is 4.83. The zero-order chi connectivity index (χ0) is 12.4. The highest BCUT2D eigenvalue weighted by Gasteiger charge is 2.19. The van der Waals surface area contributed by atoms with Gasteiger partial charge in [0.15, 0.2) is 0 Å². The van der Waals surface area contributed by atoms with Gasteiger partial charge in [0.05, 0.1) is 11.7 Å². The van der Waals surface area contributed by atoms with Crippen LogP contribution in [0.15, 0.2) is 30.5 Å². The molecule has 1 atom stereocenters. The molecular weight excluding hydrogens is 243 g/mol. The summed E-state index contributed by atoms with van der Waals surface area (Å²) in [6.07, 6.45) is 1.63. The lowest BCUT2D eigenvalue weighted by Crippen LogP contribution is -2.31. The molecule has 90 valence electrons. The zero-order valence-electron chi connectivity index (χ0n) is 9.19. The molecule has 0 saturated heterocycles. The molecule has 0 bridgehead atoms. The Hall–Kier alpha value is -1.43.